The third kappa shape index (κ3) is 2.17. The highest BCUT2D eigenvalue weighted by atomic mass is 16.4. The van der Waals surface area contributed by atoms with Crippen molar-refractivity contribution in [1.82, 2.24) is 0 Å². The van der Waals surface area contributed by atoms with Gasteiger partial charge < -0.3 is 15.7 Å². The van der Waals surface area contributed by atoms with Gasteiger partial charge in [-0.05, 0) is 24.3 Å². The van der Waals surface area contributed by atoms with Gasteiger partial charge in [0.15, 0.2) is 0 Å². The van der Waals surface area contributed by atoms with E-state index >= 15 is 0 Å². The van der Waals surface area contributed by atoms with Crippen molar-refractivity contribution in [2.45, 2.75) is 6.42 Å². The third-order valence-electron chi connectivity index (χ3n) is 2.94. The van der Waals surface area contributed by atoms with E-state index in [2.05, 4.69) is 0 Å². The van der Waals surface area contributed by atoms with Crippen molar-refractivity contribution in [2.75, 3.05) is 11.4 Å². The number of benzene rings is 1. The molecule has 1 fully saturated rings. The van der Waals surface area contributed by atoms with Gasteiger partial charge in [-0.1, -0.05) is 0 Å². The largest absolute Gasteiger partial charge is 0.481 e. The summed E-state index contributed by atoms with van der Waals surface area (Å²) in [6, 6.07) is 6.20. The molecule has 3 N–H and O–H groups in total. The molecule has 0 unspecified atom stereocenters. The third-order valence-corrected chi connectivity index (χ3v) is 2.94. The van der Waals surface area contributed by atoms with Crippen LogP contribution in [0, 0.1) is 5.92 Å². The van der Waals surface area contributed by atoms with Crippen LogP contribution in [0.25, 0.3) is 0 Å². The second kappa shape index (κ2) is 4.48. The molecule has 1 atom stereocenters. The van der Waals surface area contributed by atoms with Crippen molar-refractivity contribution in [3.05, 3.63) is 29.8 Å². The van der Waals surface area contributed by atoms with E-state index in [1.165, 1.54) is 17.0 Å². The Bertz CT molecular complexity index is 509. The van der Waals surface area contributed by atoms with Crippen molar-refractivity contribution < 1.29 is 19.5 Å². The molecule has 6 nitrogen and oxygen atoms in total. The molecule has 1 aliphatic rings. The van der Waals surface area contributed by atoms with Crippen LogP contribution in [0.4, 0.5) is 5.69 Å². The normalized spacial score (nSPS) is 19.0. The molecule has 1 heterocycles. The molecule has 0 saturated carbocycles. The summed E-state index contributed by atoms with van der Waals surface area (Å²) in [5.41, 5.74) is 6.03. The highest BCUT2D eigenvalue weighted by Crippen LogP contribution is 2.25. The molecule has 1 aliphatic heterocycles. The monoisotopic (exact) mass is 248 g/mol. The number of hydrogen-bond acceptors (Lipinski definition) is 3. The number of carbonyl (C=O) groups excluding carboxylic acids is 2. The van der Waals surface area contributed by atoms with Crippen LogP contribution in [0.5, 0.6) is 0 Å². The molecule has 0 aliphatic carbocycles. The zero-order chi connectivity index (χ0) is 13.3. The Morgan fingerprint density at radius 2 is 1.89 bits per heavy atom. The predicted molar refractivity (Wildman–Crippen MR) is 63.1 cm³/mol. The summed E-state index contributed by atoms with van der Waals surface area (Å²) >= 11 is 0. The van der Waals surface area contributed by atoms with Gasteiger partial charge in [-0.2, -0.15) is 0 Å². The number of aliphatic carboxylic acids is 1. The van der Waals surface area contributed by atoms with Gasteiger partial charge in [0, 0.05) is 24.2 Å². The van der Waals surface area contributed by atoms with Crippen molar-refractivity contribution in [3.63, 3.8) is 0 Å². The number of carbonyl (C=O) groups is 3. The summed E-state index contributed by atoms with van der Waals surface area (Å²) in [6.07, 6.45) is 0.00685. The van der Waals surface area contributed by atoms with E-state index in [1.54, 1.807) is 12.1 Å². The van der Waals surface area contributed by atoms with Crippen molar-refractivity contribution in [2.24, 2.45) is 11.7 Å². The lowest BCUT2D eigenvalue weighted by Gasteiger charge is -2.16. The highest BCUT2D eigenvalue weighted by Gasteiger charge is 2.34. The van der Waals surface area contributed by atoms with Crippen LogP contribution in [-0.4, -0.2) is 29.4 Å². The average Bonchev–Trinajstić information content (AvgIpc) is 2.71. The van der Waals surface area contributed by atoms with Gasteiger partial charge in [-0.15, -0.1) is 0 Å². The van der Waals surface area contributed by atoms with Gasteiger partial charge in [-0.3, -0.25) is 14.4 Å². The summed E-state index contributed by atoms with van der Waals surface area (Å²) in [6.45, 7) is 0.157. The standard InChI is InChI=1S/C12H12N2O4/c13-11(16)7-1-3-9(4-2-7)14-6-8(12(17)18)5-10(14)15/h1-4,8H,5-6H2,(H2,13,16)(H,17,18)/t8-/m1/s1. The van der Waals surface area contributed by atoms with Gasteiger partial charge in [0.05, 0.1) is 5.92 Å². The van der Waals surface area contributed by atoms with Gasteiger partial charge in [0.1, 0.15) is 0 Å². The Morgan fingerprint density at radius 1 is 1.28 bits per heavy atom. The number of hydrogen-bond donors (Lipinski definition) is 2. The Kier molecular flexibility index (Phi) is 3.01. The zero-order valence-corrected chi connectivity index (χ0v) is 9.50. The number of carboxylic acid groups (broad SMARTS) is 1. The van der Waals surface area contributed by atoms with Crippen LogP contribution in [0.1, 0.15) is 16.8 Å². The molecule has 6 heteroatoms. The fourth-order valence-electron chi connectivity index (χ4n) is 1.93. The van der Waals surface area contributed by atoms with Crippen molar-refractivity contribution in [1.29, 1.82) is 0 Å². The molecule has 0 radical (unpaired) electrons. The summed E-state index contributed by atoms with van der Waals surface area (Å²) < 4.78 is 0. The van der Waals surface area contributed by atoms with Crippen LogP contribution in [0.2, 0.25) is 0 Å². The minimum atomic E-state index is -0.973. The molecule has 94 valence electrons. The molecule has 2 amide bonds. The molecule has 1 aromatic rings. The van der Waals surface area contributed by atoms with Gasteiger partial charge >= 0.3 is 5.97 Å². The molecule has 0 bridgehead atoms. The first kappa shape index (κ1) is 12.1. The fraction of sp³-hybridized carbons (Fsp3) is 0.250. The van der Waals surface area contributed by atoms with E-state index in [-0.39, 0.29) is 18.9 Å². The van der Waals surface area contributed by atoms with Gasteiger partial charge in [0.2, 0.25) is 11.8 Å². The second-order valence-corrected chi connectivity index (χ2v) is 4.15. The van der Waals surface area contributed by atoms with E-state index in [0.29, 0.717) is 11.3 Å². The lowest BCUT2D eigenvalue weighted by molar-refractivity contribution is -0.141. The van der Waals surface area contributed by atoms with Crippen LogP contribution < -0.4 is 10.6 Å². The summed E-state index contributed by atoms with van der Waals surface area (Å²) in [5, 5.41) is 8.87. The number of amides is 2. The first-order chi connectivity index (χ1) is 8.49. The Morgan fingerprint density at radius 3 is 2.33 bits per heavy atom. The van der Waals surface area contributed by atoms with Crippen LogP contribution >= 0.6 is 0 Å². The number of nitrogens with zero attached hydrogens (tertiary/aromatic N) is 1. The first-order valence-corrected chi connectivity index (χ1v) is 5.42. The Labute approximate surface area is 103 Å². The van der Waals surface area contributed by atoms with Crippen LogP contribution in [-0.2, 0) is 9.59 Å². The average molecular weight is 248 g/mol. The number of primary amides is 1. The maximum absolute atomic E-state index is 11.7. The maximum atomic E-state index is 11.7. The smallest absolute Gasteiger partial charge is 0.308 e. The van der Waals surface area contributed by atoms with Crippen molar-refractivity contribution >= 4 is 23.5 Å². The number of rotatable bonds is 3. The Hall–Kier alpha value is -2.37. The summed E-state index contributed by atoms with van der Waals surface area (Å²) in [4.78, 5) is 34.8. The van der Waals surface area contributed by atoms with E-state index in [0.717, 1.165) is 0 Å². The highest BCUT2D eigenvalue weighted by molar-refractivity contribution is 6.00. The Balaban J connectivity index is 2.19. The quantitative estimate of drug-likeness (QED) is 0.799. The topological polar surface area (TPSA) is 101 Å². The summed E-state index contributed by atoms with van der Waals surface area (Å²) in [5.74, 6) is -2.42. The first-order valence-electron chi connectivity index (χ1n) is 5.42. The minimum Gasteiger partial charge on any atom is -0.481 e. The SMILES string of the molecule is NC(=O)c1ccc(N2C[C@H](C(=O)O)CC2=O)cc1. The number of nitrogens with two attached hydrogens (primary N) is 1. The molecule has 2 rings (SSSR count). The molecule has 1 aromatic carbocycles. The van der Waals surface area contributed by atoms with Crippen LogP contribution in [0.15, 0.2) is 24.3 Å². The molecule has 0 aromatic heterocycles. The minimum absolute atomic E-state index is 0.00685. The number of carboxylic acids is 1. The zero-order valence-electron chi connectivity index (χ0n) is 9.50. The van der Waals surface area contributed by atoms with E-state index in [9.17, 15) is 14.4 Å². The van der Waals surface area contributed by atoms with Crippen molar-refractivity contribution in [3.8, 4) is 0 Å². The molecule has 0 spiro atoms. The predicted octanol–water partition coefficient (Wildman–Crippen LogP) is 0.223. The number of anilines is 1. The van der Waals surface area contributed by atoms with Gasteiger partial charge in [0.25, 0.3) is 0 Å². The fourth-order valence-corrected chi connectivity index (χ4v) is 1.93. The summed E-state index contributed by atoms with van der Waals surface area (Å²) in [7, 11) is 0. The van der Waals surface area contributed by atoms with Crippen LogP contribution in [0.3, 0.4) is 0 Å². The maximum Gasteiger partial charge on any atom is 0.308 e. The lowest BCUT2D eigenvalue weighted by Crippen LogP contribution is -2.25. The molecular formula is C12H12N2O4. The molecule has 18 heavy (non-hydrogen) atoms. The molecular weight excluding hydrogens is 236 g/mol. The molecule has 1 saturated heterocycles. The lowest BCUT2D eigenvalue weighted by atomic mass is 10.1. The van der Waals surface area contributed by atoms with E-state index in [1.807, 2.05) is 0 Å². The van der Waals surface area contributed by atoms with Gasteiger partial charge in [-0.25, -0.2) is 0 Å². The van der Waals surface area contributed by atoms with E-state index < -0.39 is 17.8 Å². The second-order valence-electron chi connectivity index (χ2n) is 4.15. The van der Waals surface area contributed by atoms with E-state index in [4.69, 9.17) is 10.8 Å².